The highest BCUT2D eigenvalue weighted by atomic mass is 32.1. The van der Waals surface area contributed by atoms with Gasteiger partial charge in [-0.05, 0) is 44.7 Å². The SMILES string of the molecule is Cc1ccc(-c2nc(C)c(C(=O)N3CCC([C@@H](C)C(=O)NCc4ccccn4)CC3)s2)cc1. The summed E-state index contributed by atoms with van der Waals surface area (Å²) >= 11 is 1.46. The Morgan fingerprint density at radius 1 is 1.12 bits per heavy atom. The van der Waals surface area contributed by atoms with Gasteiger partial charge in [0, 0.05) is 30.8 Å². The van der Waals surface area contributed by atoms with Crippen LogP contribution in [0.5, 0.6) is 0 Å². The lowest BCUT2D eigenvalue weighted by Gasteiger charge is -2.34. The van der Waals surface area contributed by atoms with Gasteiger partial charge in [-0.3, -0.25) is 14.6 Å². The van der Waals surface area contributed by atoms with Crippen LogP contribution in [0.15, 0.2) is 48.7 Å². The zero-order valence-electron chi connectivity index (χ0n) is 19.4. The van der Waals surface area contributed by atoms with E-state index in [4.69, 9.17) is 0 Å². The number of thiazole rings is 1. The number of carbonyl (C=O) groups is 2. The second kappa shape index (κ2) is 10.3. The maximum Gasteiger partial charge on any atom is 0.265 e. The third-order valence-electron chi connectivity index (χ3n) is 6.41. The van der Waals surface area contributed by atoms with Crippen molar-refractivity contribution in [2.45, 2.75) is 40.2 Å². The molecule has 1 N–H and O–H groups in total. The van der Waals surface area contributed by atoms with E-state index in [0.29, 0.717) is 24.5 Å². The molecule has 1 atom stereocenters. The summed E-state index contributed by atoms with van der Waals surface area (Å²) in [7, 11) is 0. The minimum absolute atomic E-state index is 0.0477. The van der Waals surface area contributed by atoms with Gasteiger partial charge >= 0.3 is 0 Å². The molecule has 172 valence electrons. The van der Waals surface area contributed by atoms with E-state index in [2.05, 4.69) is 34.3 Å². The number of rotatable bonds is 6. The van der Waals surface area contributed by atoms with Gasteiger partial charge in [0.2, 0.25) is 5.91 Å². The second-order valence-corrected chi connectivity index (χ2v) is 9.76. The van der Waals surface area contributed by atoms with Crippen molar-refractivity contribution in [1.82, 2.24) is 20.2 Å². The molecule has 1 aliphatic rings. The first-order valence-electron chi connectivity index (χ1n) is 11.4. The molecule has 2 amide bonds. The van der Waals surface area contributed by atoms with E-state index < -0.39 is 0 Å². The van der Waals surface area contributed by atoms with Crippen LogP contribution in [0.1, 0.15) is 46.4 Å². The minimum atomic E-state index is -0.0933. The van der Waals surface area contributed by atoms with E-state index in [-0.39, 0.29) is 23.7 Å². The standard InChI is InChI=1S/C26H30N4O2S/c1-17-7-9-21(10-8-17)25-29-19(3)23(33-25)26(32)30-14-11-20(12-15-30)18(2)24(31)28-16-22-6-4-5-13-27-22/h4-10,13,18,20H,11-12,14-16H2,1-3H3,(H,28,31)/t18-/m1/s1. The number of carbonyl (C=O) groups excluding carboxylic acids is 2. The smallest absolute Gasteiger partial charge is 0.265 e. The number of nitrogens with one attached hydrogen (secondary N) is 1. The van der Waals surface area contributed by atoms with Crippen LogP contribution >= 0.6 is 11.3 Å². The van der Waals surface area contributed by atoms with Crippen molar-refractivity contribution in [2.75, 3.05) is 13.1 Å². The number of hydrogen-bond donors (Lipinski definition) is 1. The lowest BCUT2D eigenvalue weighted by Crippen LogP contribution is -2.42. The first-order chi connectivity index (χ1) is 15.9. The highest BCUT2D eigenvalue weighted by Gasteiger charge is 2.31. The Hall–Kier alpha value is -3.06. The van der Waals surface area contributed by atoms with Crippen molar-refractivity contribution >= 4 is 23.2 Å². The summed E-state index contributed by atoms with van der Waals surface area (Å²) in [5.41, 5.74) is 3.87. The third kappa shape index (κ3) is 5.47. The fraction of sp³-hybridized carbons (Fsp3) is 0.385. The molecule has 0 radical (unpaired) electrons. The number of piperidine rings is 1. The molecule has 0 aliphatic carbocycles. The number of nitrogens with zero attached hydrogens (tertiary/aromatic N) is 3. The monoisotopic (exact) mass is 462 g/mol. The van der Waals surface area contributed by atoms with Crippen molar-refractivity contribution < 1.29 is 9.59 Å². The fourth-order valence-corrected chi connectivity index (χ4v) is 5.26. The quantitative estimate of drug-likeness (QED) is 0.580. The van der Waals surface area contributed by atoms with Gasteiger partial charge in [0.25, 0.3) is 5.91 Å². The third-order valence-corrected chi connectivity index (χ3v) is 7.60. The molecule has 33 heavy (non-hydrogen) atoms. The summed E-state index contributed by atoms with van der Waals surface area (Å²) < 4.78 is 0. The Morgan fingerprint density at radius 3 is 2.52 bits per heavy atom. The van der Waals surface area contributed by atoms with Crippen LogP contribution in [0.2, 0.25) is 0 Å². The summed E-state index contributed by atoms with van der Waals surface area (Å²) in [4.78, 5) is 37.4. The number of hydrogen-bond acceptors (Lipinski definition) is 5. The molecule has 0 saturated carbocycles. The molecule has 1 fully saturated rings. The van der Waals surface area contributed by atoms with Crippen molar-refractivity contribution in [3.05, 3.63) is 70.5 Å². The molecule has 0 bridgehead atoms. The van der Waals surface area contributed by atoms with Gasteiger partial charge in [0.05, 0.1) is 17.9 Å². The number of benzene rings is 1. The number of aryl methyl sites for hydroxylation is 2. The van der Waals surface area contributed by atoms with E-state index in [1.54, 1.807) is 6.20 Å². The van der Waals surface area contributed by atoms with Crippen molar-refractivity contribution in [2.24, 2.45) is 11.8 Å². The molecule has 3 heterocycles. The van der Waals surface area contributed by atoms with Gasteiger partial charge in [-0.2, -0.15) is 0 Å². The molecule has 1 saturated heterocycles. The number of likely N-dealkylation sites (tertiary alicyclic amines) is 1. The summed E-state index contributed by atoms with van der Waals surface area (Å²) in [5, 5.41) is 3.88. The normalized spacial score (nSPS) is 15.3. The Kier molecular flexibility index (Phi) is 7.18. The molecule has 0 unspecified atom stereocenters. The Balaban J connectivity index is 1.32. The van der Waals surface area contributed by atoms with Crippen LogP contribution in [-0.4, -0.2) is 39.8 Å². The first kappa shape index (κ1) is 23.1. The van der Waals surface area contributed by atoms with Crippen LogP contribution in [0, 0.1) is 25.7 Å². The molecular formula is C26H30N4O2S. The molecule has 4 rings (SSSR count). The van der Waals surface area contributed by atoms with Gasteiger partial charge in [0.15, 0.2) is 0 Å². The van der Waals surface area contributed by atoms with E-state index in [1.807, 2.05) is 49.1 Å². The van der Waals surface area contributed by atoms with Crippen molar-refractivity contribution in [3.63, 3.8) is 0 Å². The van der Waals surface area contributed by atoms with Crippen LogP contribution in [0.4, 0.5) is 0 Å². The lowest BCUT2D eigenvalue weighted by atomic mass is 9.84. The zero-order chi connectivity index (χ0) is 23.4. The molecule has 6 nitrogen and oxygen atoms in total. The van der Waals surface area contributed by atoms with Crippen LogP contribution in [-0.2, 0) is 11.3 Å². The molecule has 1 aromatic carbocycles. The zero-order valence-corrected chi connectivity index (χ0v) is 20.2. The van der Waals surface area contributed by atoms with E-state index in [0.717, 1.165) is 34.8 Å². The molecule has 1 aliphatic heterocycles. The highest BCUT2D eigenvalue weighted by Crippen LogP contribution is 2.31. The Bertz CT molecular complexity index is 1100. The number of aromatic nitrogens is 2. The first-order valence-corrected chi connectivity index (χ1v) is 12.3. The minimum Gasteiger partial charge on any atom is -0.350 e. The van der Waals surface area contributed by atoms with Gasteiger partial charge < -0.3 is 10.2 Å². The van der Waals surface area contributed by atoms with Crippen LogP contribution in [0.25, 0.3) is 10.6 Å². The lowest BCUT2D eigenvalue weighted by molar-refractivity contribution is -0.126. The van der Waals surface area contributed by atoms with Crippen LogP contribution < -0.4 is 5.32 Å². The number of amides is 2. The fourth-order valence-electron chi connectivity index (χ4n) is 4.22. The molecule has 7 heteroatoms. The Morgan fingerprint density at radius 2 is 1.85 bits per heavy atom. The average Bonchev–Trinajstić information content (AvgIpc) is 3.24. The van der Waals surface area contributed by atoms with Gasteiger partial charge in [-0.15, -0.1) is 11.3 Å². The van der Waals surface area contributed by atoms with Crippen LogP contribution in [0.3, 0.4) is 0 Å². The predicted octanol–water partition coefficient (Wildman–Crippen LogP) is 4.63. The molecule has 0 spiro atoms. The topological polar surface area (TPSA) is 75.2 Å². The van der Waals surface area contributed by atoms with Gasteiger partial charge in [0.1, 0.15) is 9.88 Å². The van der Waals surface area contributed by atoms with Crippen molar-refractivity contribution in [3.8, 4) is 10.6 Å². The summed E-state index contributed by atoms with van der Waals surface area (Å²) in [6.07, 6.45) is 3.38. The van der Waals surface area contributed by atoms with Gasteiger partial charge in [-0.1, -0.05) is 42.8 Å². The van der Waals surface area contributed by atoms with Gasteiger partial charge in [-0.25, -0.2) is 4.98 Å². The highest BCUT2D eigenvalue weighted by molar-refractivity contribution is 7.17. The van der Waals surface area contributed by atoms with E-state index in [9.17, 15) is 9.59 Å². The average molecular weight is 463 g/mol. The maximum atomic E-state index is 13.2. The van der Waals surface area contributed by atoms with E-state index >= 15 is 0 Å². The summed E-state index contributed by atoms with van der Waals surface area (Å²) in [5.74, 6) is 0.272. The second-order valence-electron chi connectivity index (χ2n) is 8.76. The molecule has 2 aromatic heterocycles. The predicted molar refractivity (Wildman–Crippen MR) is 131 cm³/mol. The molecule has 3 aromatic rings. The number of pyridine rings is 1. The summed E-state index contributed by atoms with van der Waals surface area (Å²) in [6.45, 7) is 7.71. The maximum absolute atomic E-state index is 13.2. The summed E-state index contributed by atoms with van der Waals surface area (Å²) in [6, 6.07) is 13.9. The van der Waals surface area contributed by atoms with E-state index in [1.165, 1.54) is 16.9 Å². The molecular weight excluding hydrogens is 432 g/mol. The Labute approximate surface area is 199 Å². The van der Waals surface area contributed by atoms with Crippen molar-refractivity contribution in [1.29, 1.82) is 0 Å². The largest absolute Gasteiger partial charge is 0.350 e.